The van der Waals surface area contributed by atoms with Gasteiger partial charge in [-0.1, -0.05) is 32.9 Å². The summed E-state index contributed by atoms with van der Waals surface area (Å²) in [6.07, 6.45) is -2.30. The summed E-state index contributed by atoms with van der Waals surface area (Å²) in [6, 6.07) is 5.06. The largest absolute Gasteiger partial charge is 0.417 e. The van der Waals surface area contributed by atoms with E-state index < -0.39 is 17.6 Å². The van der Waals surface area contributed by atoms with Crippen molar-refractivity contribution in [2.45, 2.75) is 45.8 Å². The Kier molecular flexibility index (Phi) is 6.49. The highest BCUT2D eigenvalue weighted by molar-refractivity contribution is 5.95. The maximum atomic E-state index is 13.1. The first-order valence-corrected chi connectivity index (χ1v) is 8.88. The molecule has 0 aliphatic carbocycles. The van der Waals surface area contributed by atoms with Crippen molar-refractivity contribution in [3.63, 3.8) is 0 Å². The van der Waals surface area contributed by atoms with Crippen LogP contribution in [0.1, 0.15) is 49.5 Å². The third-order valence-corrected chi connectivity index (χ3v) is 5.01. The van der Waals surface area contributed by atoms with Gasteiger partial charge in [0.1, 0.15) is 0 Å². The van der Waals surface area contributed by atoms with Crippen molar-refractivity contribution < 1.29 is 18.0 Å². The van der Waals surface area contributed by atoms with Crippen LogP contribution in [-0.4, -0.2) is 36.5 Å². The van der Waals surface area contributed by atoms with Gasteiger partial charge in [-0.05, 0) is 49.9 Å². The van der Waals surface area contributed by atoms with Crippen LogP contribution >= 0.6 is 0 Å². The fourth-order valence-electron chi connectivity index (χ4n) is 3.37. The van der Waals surface area contributed by atoms with Crippen LogP contribution in [0.4, 0.5) is 13.2 Å². The minimum absolute atomic E-state index is 0.134. The van der Waals surface area contributed by atoms with Crippen LogP contribution in [-0.2, 0) is 6.18 Å². The van der Waals surface area contributed by atoms with Gasteiger partial charge in [-0.2, -0.15) is 13.2 Å². The Morgan fingerprint density at radius 1 is 1.24 bits per heavy atom. The number of likely N-dealkylation sites (tertiary alicyclic amines) is 1. The monoisotopic (exact) mass is 356 g/mol. The van der Waals surface area contributed by atoms with Gasteiger partial charge >= 0.3 is 6.18 Å². The molecule has 0 spiro atoms. The van der Waals surface area contributed by atoms with E-state index in [0.717, 1.165) is 32.0 Å². The molecule has 1 aliphatic heterocycles. The SMILES string of the molecule is CC1CCN(C(CNC(=O)c2ccccc2C(F)(F)F)C(C)C)CC1. The lowest BCUT2D eigenvalue weighted by Crippen LogP contribution is -2.49. The number of alkyl halides is 3. The molecule has 0 aromatic heterocycles. The number of piperidine rings is 1. The molecule has 1 aliphatic rings. The number of benzene rings is 1. The lowest BCUT2D eigenvalue weighted by molar-refractivity contribution is -0.137. The van der Waals surface area contributed by atoms with Crippen LogP contribution in [0.25, 0.3) is 0 Å². The molecule has 1 heterocycles. The second-order valence-corrected chi connectivity index (χ2v) is 7.28. The van der Waals surface area contributed by atoms with E-state index in [2.05, 4.69) is 31.0 Å². The molecular weight excluding hydrogens is 329 g/mol. The average Bonchev–Trinajstić information content (AvgIpc) is 2.55. The third kappa shape index (κ3) is 5.21. The van der Waals surface area contributed by atoms with Gasteiger partial charge in [0.15, 0.2) is 0 Å². The molecule has 1 aromatic carbocycles. The predicted octanol–water partition coefficient (Wildman–Crippen LogP) is 4.19. The molecule has 0 saturated carbocycles. The van der Waals surface area contributed by atoms with Crippen LogP contribution in [0.5, 0.6) is 0 Å². The Hall–Kier alpha value is -1.56. The highest BCUT2D eigenvalue weighted by Gasteiger charge is 2.35. The van der Waals surface area contributed by atoms with Crippen LogP contribution < -0.4 is 5.32 Å². The topological polar surface area (TPSA) is 32.3 Å². The summed E-state index contributed by atoms with van der Waals surface area (Å²) in [7, 11) is 0. The molecule has 1 aromatic rings. The van der Waals surface area contributed by atoms with Crippen molar-refractivity contribution in [1.82, 2.24) is 10.2 Å². The summed E-state index contributed by atoms with van der Waals surface area (Å²) >= 11 is 0. The van der Waals surface area contributed by atoms with Crippen molar-refractivity contribution in [2.24, 2.45) is 11.8 Å². The molecule has 1 unspecified atom stereocenters. The van der Waals surface area contributed by atoms with Gasteiger partial charge in [-0.25, -0.2) is 0 Å². The summed E-state index contributed by atoms with van der Waals surface area (Å²) in [5, 5.41) is 2.72. The number of hydrogen-bond donors (Lipinski definition) is 1. The lowest BCUT2D eigenvalue weighted by atomic mass is 9.94. The second kappa shape index (κ2) is 8.21. The van der Waals surface area contributed by atoms with Gasteiger partial charge in [0, 0.05) is 12.6 Å². The maximum Gasteiger partial charge on any atom is 0.417 e. The predicted molar refractivity (Wildman–Crippen MR) is 92.4 cm³/mol. The standard InChI is InChI=1S/C19H27F3N2O/c1-13(2)17(24-10-8-14(3)9-11-24)12-23-18(25)15-6-4-5-7-16(15)19(20,21)22/h4-7,13-14,17H,8-12H2,1-3H3,(H,23,25). The van der Waals surface area contributed by atoms with Crippen molar-refractivity contribution in [2.75, 3.05) is 19.6 Å². The number of halogens is 3. The van der Waals surface area contributed by atoms with E-state index in [4.69, 9.17) is 0 Å². The maximum absolute atomic E-state index is 13.1. The number of amides is 1. The van der Waals surface area contributed by atoms with Crippen LogP contribution in [0.3, 0.4) is 0 Å². The van der Waals surface area contributed by atoms with Crippen molar-refractivity contribution >= 4 is 5.91 Å². The van der Waals surface area contributed by atoms with Crippen LogP contribution in [0.15, 0.2) is 24.3 Å². The first kappa shape index (κ1) is 19.8. The van der Waals surface area contributed by atoms with E-state index in [1.807, 2.05) is 0 Å². The van der Waals surface area contributed by atoms with Crippen molar-refractivity contribution in [3.8, 4) is 0 Å². The smallest absolute Gasteiger partial charge is 0.350 e. The fraction of sp³-hybridized carbons (Fsp3) is 0.632. The first-order valence-electron chi connectivity index (χ1n) is 8.88. The van der Waals surface area contributed by atoms with Gasteiger partial charge in [0.05, 0.1) is 11.1 Å². The summed E-state index contributed by atoms with van der Waals surface area (Å²) < 4.78 is 39.2. The van der Waals surface area contributed by atoms with E-state index in [1.54, 1.807) is 0 Å². The van der Waals surface area contributed by atoms with Gasteiger partial charge in [0.25, 0.3) is 5.91 Å². The zero-order valence-electron chi connectivity index (χ0n) is 15.1. The molecule has 140 valence electrons. The van der Waals surface area contributed by atoms with E-state index in [-0.39, 0.29) is 11.6 Å². The average molecular weight is 356 g/mol. The van der Waals surface area contributed by atoms with Gasteiger partial charge in [-0.15, -0.1) is 0 Å². The number of carbonyl (C=O) groups is 1. The molecule has 1 saturated heterocycles. The number of carbonyl (C=O) groups excluding carboxylic acids is 1. The number of hydrogen-bond acceptors (Lipinski definition) is 2. The summed E-state index contributed by atoms with van der Waals surface area (Å²) in [5.74, 6) is 0.354. The Bertz CT molecular complexity index is 578. The molecule has 1 N–H and O–H groups in total. The molecule has 25 heavy (non-hydrogen) atoms. The molecule has 1 atom stereocenters. The quantitative estimate of drug-likeness (QED) is 0.858. The molecular formula is C19H27F3N2O. The normalized spacial score (nSPS) is 18.4. The second-order valence-electron chi connectivity index (χ2n) is 7.28. The zero-order valence-corrected chi connectivity index (χ0v) is 15.1. The van der Waals surface area contributed by atoms with E-state index in [1.165, 1.54) is 18.2 Å². The van der Waals surface area contributed by atoms with Gasteiger partial charge in [0.2, 0.25) is 0 Å². The fourth-order valence-corrected chi connectivity index (χ4v) is 3.37. The number of nitrogens with zero attached hydrogens (tertiary/aromatic N) is 1. The molecule has 0 radical (unpaired) electrons. The zero-order chi connectivity index (χ0) is 18.6. The molecule has 3 nitrogen and oxygen atoms in total. The summed E-state index contributed by atoms with van der Waals surface area (Å²) in [4.78, 5) is 14.7. The lowest BCUT2D eigenvalue weighted by Gasteiger charge is -2.39. The minimum atomic E-state index is -4.53. The van der Waals surface area contributed by atoms with Gasteiger partial charge < -0.3 is 5.32 Å². The highest BCUT2D eigenvalue weighted by atomic mass is 19.4. The Labute approximate surface area is 147 Å². The third-order valence-electron chi connectivity index (χ3n) is 5.01. The molecule has 2 rings (SSSR count). The molecule has 0 bridgehead atoms. The van der Waals surface area contributed by atoms with E-state index in [0.29, 0.717) is 18.4 Å². The molecule has 1 fully saturated rings. The Morgan fingerprint density at radius 2 is 1.84 bits per heavy atom. The van der Waals surface area contributed by atoms with Crippen LogP contribution in [0, 0.1) is 11.8 Å². The molecule has 6 heteroatoms. The molecule has 1 amide bonds. The minimum Gasteiger partial charge on any atom is -0.350 e. The summed E-state index contributed by atoms with van der Waals surface area (Å²) in [6.45, 7) is 8.70. The van der Waals surface area contributed by atoms with Crippen molar-refractivity contribution in [3.05, 3.63) is 35.4 Å². The summed E-state index contributed by atoms with van der Waals surface area (Å²) in [5.41, 5.74) is -1.20. The van der Waals surface area contributed by atoms with Crippen molar-refractivity contribution in [1.29, 1.82) is 0 Å². The number of rotatable bonds is 5. The van der Waals surface area contributed by atoms with E-state index >= 15 is 0 Å². The first-order chi connectivity index (χ1) is 11.7. The number of nitrogens with one attached hydrogen (secondary N) is 1. The Morgan fingerprint density at radius 3 is 2.40 bits per heavy atom. The highest BCUT2D eigenvalue weighted by Crippen LogP contribution is 2.31. The van der Waals surface area contributed by atoms with Gasteiger partial charge in [-0.3, -0.25) is 9.69 Å². The van der Waals surface area contributed by atoms with Crippen LogP contribution in [0.2, 0.25) is 0 Å². The Balaban J connectivity index is 2.05. The van der Waals surface area contributed by atoms with E-state index in [9.17, 15) is 18.0 Å².